The number of carboxylic acid groups (broad SMARTS) is 1. The zero-order valence-electron chi connectivity index (χ0n) is 8.80. The Labute approximate surface area is 98.6 Å². The summed E-state index contributed by atoms with van der Waals surface area (Å²) in [6.45, 7) is 0. The van der Waals surface area contributed by atoms with Gasteiger partial charge in [-0.25, -0.2) is 0 Å². The monoisotopic (exact) mass is 271 g/mol. The smallest absolute Gasteiger partial charge is 0.0476 e. The van der Waals surface area contributed by atoms with Crippen molar-refractivity contribution in [1.82, 2.24) is 0 Å². The van der Waals surface area contributed by atoms with Crippen molar-refractivity contribution in [3.63, 3.8) is 0 Å². The highest BCUT2D eigenvalue weighted by molar-refractivity contribution is 9.09. The molecular formula is C12H16BrO2-. The van der Waals surface area contributed by atoms with Gasteiger partial charge in [-0.2, -0.15) is 0 Å². The van der Waals surface area contributed by atoms with Crippen LogP contribution in [0.3, 0.4) is 0 Å². The molecule has 4 saturated carbocycles. The molecule has 4 rings (SSSR count). The lowest BCUT2D eigenvalue weighted by atomic mass is 9.44. The van der Waals surface area contributed by atoms with Crippen LogP contribution < -0.4 is 5.11 Å². The molecule has 0 radical (unpaired) electrons. The van der Waals surface area contributed by atoms with E-state index < -0.39 is 11.4 Å². The van der Waals surface area contributed by atoms with Gasteiger partial charge in [-0.3, -0.25) is 0 Å². The third-order valence-corrected chi connectivity index (χ3v) is 6.09. The maximum atomic E-state index is 11.4. The maximum Gasteiger partial charge on any atom is 0.0476 e. The predicted molar refractivity (Wildman–Crippen MR) is 58.3 cm³/mol. The summed E-state index contributed by atoms with van der Waals surface area (Å²) in [5, 5.41) is 12.4. The zero-order chi connectivity index (χ0) is 10.7. The summed E-state index contributed by atoms with van der Waals surface area (Å²) in [6.07, 6.45) is 6.39. The van der Waals surface area contributed by atoms with Gasteiger partial charge in [0.1, 0.15) is 0 Å². The quantitative estimate of drug-likeness (QED) is 0.718. The summed E-state index contributed by atoms with van der Waals surface area (Å²) >= 11 is 3.60. The first-order valence-corrected chi connectivity index (χ1v) is 6.97. The number of aliphatic carboxylic acids is 1. The molecule has 84 valence electrons. The Morgan fingerprint density at radius 1 is 1.27 bits per heavy atom. The lowest BCUT2D eigenvalue weighted by Gasteiger charge is -2.62. The largest absolute Gasteiger partial charge is 0.550 e. The molecule has 0 N–H and O–H groups in total. The summed E-state index contributed by atoms with van der Waals surface area (Å²) in [5.74, 6) is 0.533. The van der Waals surface area contributed by atoms with Crippen LogP contribution in [0.2, 0.25) is 0 Å². The third kappa shape index (κ3) is 1.31. The third-order valence-electron chi connectivity index (χ3n) is 4.90. The molecule has 2 unspecified atom stereocenters. The number of carboxylic acids is 1. The maximum absolute atomic E-state index is 11.4. The van der Waals surface area contributed by atoms with E-state index in [1.165, 1.54) is 19.3 Å². The molecule has 4 fully saturated rings. The van der Waals surface area contributed by atoms with Crippen LogP contribution in [0.4, 0.5) is 0 Å². The topological polar surface area (TPSA) is 40.1 Å². The average molecular weight is 272 g/mol. The zero-order valence-corrected chi connectivity index (χ0v) is 10.4. The van der Waals surface area contributed by atoms with E-state index in [0.717, 1.165) is 24.6 Å². The van der Waals surface area contributed by atoms with Crippen molar-refractivity contribution in [2.45, 2.75) is 38.5 Å². The Hall–Kier alpha value is -0.0500. The molecule has 2 nitrogen and oxygen atoms in total. The number of halogens is 1. The highest BCUT2D eigenvalue weighted by Crippen LogP contribution is 2.65. The van der Waals surface area contributed by atoms with Gasteiger partial charge in [0.15, 0.2) is 0 Å². The molecule has 4 aliphatic rings. The van der Waals surface area contributed by atoms with E-state index in [-0.39, 0.29) is 5.41 Å². The van der Waals surface area contributed by atoms with Crippen LogP contribution >= 0.6 is 15.9 Å². The van der Waals surface area contributed by atoms with Crippen LogP contribution in [0.1, 0.15) is 38.5 Å². The number of carbonyl (C=O) groups excluding carboxylic acids is 1. The Morgan fingerprint density at radius 2 is 1.87 bits per heavy atom. The summed E-state index contributed by atoms with van der Waals surface area (Å²) in [6, 6.07) is 0. The van der Waals surface area contributed by atoms with E-state index >= 15 is 0 Å². The average Bonchev–Trinajstić information content (AvgIpc) is 2.15. The Bertz CT molecular complexity index is 299. The molecule has 4 aliphatic carbocycles. The van der Waals surface area contributed by atoms with Crippen LogP contribution in [0, 0.1) is 22.7 Å². The highest BCUT2D eigenvalue weighted by Gasteiger charge is 2.57. The van der Waals surface area contributed by atoms with E-state index in [1.54, 1.807) is 0 Å². The first kappa shape index (κ1) is 10.1. The van der Waals surface area contributed by atoms with E-state index in [0.29, 0.717) is 11.8 Å². The van der Waals surface area contributed by atoms with Crippen molar-refractivity contribution in [3.8, 4) is 0 Å². The van der Waals surface area contributed by atoms with Gasteiger partial charge in [-0.05, 0) is 55.8 Å². The fraction of sp³-hybridized carbons (Fsp3) is 0.917. The molecule has 0 aliphatic heterocycles. The molecular weight excluding hydrogens is 256 g/mol. The molecule has 4 bridgehead atoms. The van der Waals surface area contributed by atoms with Gasteiger partial charge in [0.2, 0.25) is 0 Å². The van der Waals surface area contributed by atoms with E-state index in [9.17, 15) is 9.90 Å². The molecule has 0 spiro atoms. The van der Waals surface area contributed by atoms with Crippen molar-refractivity contribution in [2.24, 2.45) is 22.7 Å². The van der Waals surface area contributed by atoms with E-state index in [2.05, 4.69) is 15.9 Å². The van der Waals surface area contributed by atoms with Crippen molar-refractivity contribution in [2.75, 3.05) is 5.33 Å². The van der Waals surface area contributed by atoms with Crippen LogP contribution in [0.25, 0.3) is 0 Å². The van der Waals surface area contributed by atoms with Gasteiger partial charge in [-0.15, -0.1) is 0 Å². The van der Waals surface area contributed by atoms with Crippen LogP contribution in [0.15, 0.2) is 0 Å². The summed E-state index contributed by atoms with van der Waals surface area (Å²) in [4.78, 5) is 11.4. The second kappa shape index (κ2) is 2.99. The number of rotatable bonds is 2. The van der Waals surface area contributed by atoms with Crippen molar-refractivity contribution < 1.29 is 9.90 Å². The predicted octanol–water partition coefficient (Wildman–Crippen LogP) is 1.72. The van der Waals surface area contributed by atoms with Crippen molar-refractivity contribution in [3.05, 3.63) is 0 Å². The molecule has 0 saturated heterocycles. The summed E-state index contributed by atoms with van der Waals surface area (Å²) in [5.41, 5.74) is -0.179. The van der Waals surface area contributed by atoms with Gasteiger partial charge in [0, 0.05) is 16.7 Å². The molecule has 0 amide bonds. The van der Waals surface area contributed by atoms with E-state index in [4.69, 9.17) is 0 Å². The fourth-order valence-corrected chi connectivity index (χ4v) is 5.50. The second-order valence-electron chi connectivity index (χ2n) is 6.16. The SMILES string of the molecule is O=C([O-])C12C[C@@H]3C[C@@H](CC(CBr)(C3)C1)C2. The highest BCUT2D eigenvalue weighted by atomic mass is 79.9. The van der Waals surface area contributed by atoms with Crippen LogP contribution in [0.5, 0.6) is 0 Å². The minimum Gasteiger partial charge on any atom is -0.550 e. The molecule has 0 aromatic rings. The second-order valence-corrected chi connectivity index (χ2v) is 6.72. The Balaban J connectivity index is 1.99. The summed E-state index contributed by atoms with van der Waals surface area (Å²) in [7, 11) is 0. The summed E-state index contributed by atoms with van der Waals surface area (Å²) < 4.78 is 0. The van der Waals surface area contributed by atoms with Gasteiger partial charge in [0.05, 0.1) is 0 Å². The van der Waals surface area contributed by atoms with E-state index in [1.807, 2.05) is 0 Å². The molecule has 4 atom stereocenters. The minimum atomic E-state index is -0.776. The molecule has 0 heterocycles. The van der Waals surface area contributed by atoms with Gasteiger partial charge in [0.25, 0.3) is 0 Å². The van der Waals surface area contributed by atoms with Crippen LogP contribution in [-0.2, 0) is 4.79 Å². The Morgan fingerprint density at radius 3 is 2.33 bits per heavy atom. The number of alkyl halides is 1. The lowest BCUT2D eigenvalue weighted by Crippen LogP contribution is -2.58. The fourth-order valence-electron chi connectivity index (χ4n) is 4.85. The number of hydrogen-bond donors (Lipinski definition) is 0. The van der Waals surface area contributed by atoms with Crippen molar-refractivity contribution >= 4 is 21.9 Å². The lowest BCUT2D eigenvalue weighted by molar-refractivity contribution is -0.329. The number of carbonyl (C=O) groups is 1. The van der Waals surface area contributed by atoms with Gasteiger partial charge < -0.3 is 9.90 Å². The minimum absolute atomic E-state index is 0.282. The van der Waals surface area contributed by atoms with Gasteiger partial charge in [-0.1, -0.05) is 15.9 Å². The molecule has 3 heteroatoms. The van der Waals surface area contributed by atoms with Crippen molar-refractivity contribution in [1.29, 1.82) is 0 Å². The standard InChI is InChI=1S/C12H17BrO2/c13-7-11-2-8-1-9(3-11)5-12(4-8,6-11)10(14)15/h8-9H,1-7H2,(H,14,15)/p-1/t8-,9+,11?,12?. The molecule has 15 heavy (non-hydrogen) atoms. The first-order chi connectivity index (χ1) is 7.07. The first-order valence-electron chi connectivity index (χ1n) is 5.85. The number of hydrogen-bond acceptors (Lipinski definition) is 2. The Kier molecular flexibility index (Phi) is 2.02. The molecule has 0 aromatic heterocycles. The normalized spacial score (nSPS) is 52.1. The van der Waals surface area contributed by atoms with Gasteiger partial charge >= 0.3 is 0 Å². The molecule has 0 aromatic carbocycles. The van der Waals surface area contributed by atoms with Crippen LogP contribution in [-0.4, -0.2) is 11.3 Å².